The summed E-state index contributed by atoms with van der Waals surface area (Å²) in [5.41, 5.74) is 2.40. The van der Waals surface area contributed by atoms with Crippen LogP contribution in [0.2, 0.25) is 0 Å². The summed E-state index contributed by atoms with van der Waals surface area (Å²) in [6.07, 6.45) is -1.00. The molecule has 3 aromatic carbocycles. The monoisotopic (exact) mass is 398 g/mol. The van der Waals surface area contributed by atoms with Crippen molar-refractivity contribution in [2.45, 2.75) is 18.9 Å². The standard InChI is InChI=1S/C24H18N2O4/c1-15(23(27)26-17-12-10-16(14-25)11-13-17)29-24(28)22-18-6-2-4-8-20(18)30-21-9-5-3-7-19(21)22/h2-13,15,22H,1H3,(H,26,27)/t15-/m0/s1. The van der Waals surface area contributed by atoms with E-state index in [1.54, 1.807) is 36.4 Å². The van der Waals surface area contributed by atoms with E-state index in [0.29, 0.717) is 33.9 Å². The third-order valence-electron chi connectivity index (χ3n) is 4.86. The molecule has 1 amide bonds. The molecular weight excluding hydrogens is 380 g/mol. The largest absolute Gasteiger partial charge is 0.457 e. The van der Waals surface area contributed by atoms with Crippen LogP contribution in [0.15, 0.2) is 72.8 Å². The molecule has 6 heteroatoms. The van der Waals surface area contributed by atoms with Gasteiger partial charge in [0.1, 0.15) is 17.4 Å². The average Bonchev–Trinajstić information content (AvgIpc) is 2.77. The van der Waals surface area contributed by atoms with E-state index in [0.717, 1.165) is 0 Å². The number of benzene rings is 3. The fourth-order valence-corrected chi connectivity index (χ4v) is 3.33. The lowest BCUT2D eigenvalue weighted by atomic mass is 9.88. The Bertz CT molecular complexity index is 1100. The summed E-state index contributed by atoms with van der Waals surface area (Å²) in [6.45, 7) is 1.52. The van der Waals surface area contributed by atoms with Crippen LogP contribution < -0.4 is 10.1 Å². The summed E-state index contributed by atoms with van der Waals surface area (Å²) in [5, 5.41) is 11.5. The Labute approximate surface area is 173 Å². The van der Waals surface area contributed by atoms with Crippen LogP contribution in [0.1, 0.15) is 29.5 Å². The predicted molar refractivity (Wildman–Crippen MR) is 110 cm³/mol. The van der Waals surface area contributed by atoms with Gasteiger partial charge in [0.15, 0.2) is 6.10 Å². The Balaban J connectivity index is 1.52. The van der Waals surface area contributed by atoms with E-state index in [1.807, 2.05) is 42.5 Å². The quantitative estimate of drug-likeness (QED) is 0.660. The maximum Gasteiger partial charge on any atom is 0.318 e. The molecule has 148 valence electrons. The highest BCUT2D eigenvalue weighted by molar-refractivity contribution is 5.96. The molecule has 0 spiro atoms. The summed E-state index contributed by atoms with van der Waals surface area (Å²) >= 11 is 0. The Morgan fingerprint density at radius 3 is 2.10 bits per heavy atom. The van der Waals surface area contributed by atoms with Crippen molar-refractivity contribution in [2.24, 2.45) is 0 Å². The lowest BCUT2D eigenvalue weighted by Crippen LogP contribution is -2.32. The van der Waals surface area contributed by atoms with E-state index in [-0.39, 0.29) is 0 Å². The molecule has 6 nitrogen and oxygen atoms in total. The second-order valence-corrected chi connectivity index (χ2v) is 6.87. The van der Waals surface area contributed by atoms with Crippen LogP contribution in [0.4, 0.5) is 5.69 Å². The van der Waals surface area contributed by atoms with Crippen LogP contribution >= 0.6 is 0 Å². The topological polar surface area (TPSA) is 88.4 Å². The Morgan fingerprint density at radius 2 is 1.53 bits per heavy atom. The minimum atomic E-state index is -1.00. The predicted octanol–water partition coefficient (Wildman–Crippen LogP) is 4.37. The average molecular weight is 398 g/mol. The maximum absolute atomic E-state index is 13.1. The van der Waals surface area contributed by atoms with Crippen LogP contribution in [0.3, 0.4) is 0 Å². The molecule has 1 heterocycles. The molecule has 0 aliphatic carbocycles. The molecule has 1 N–H and O–H groups in total. The molecule has 30 heavy (non-hydrogen) atoms. The SMILES string of the molecule is C[C@H](OC(=O)C1c2ccccc2Oc2ccccc21)C(=O)Nc1ccc(C#N)cc1. The van der Waals surface area contributed by atoms with Crippen molar-refractivity contribution in [1.82, 2.24) is 0 Å². The zero-order valence-electron chi connectivity index (χ0n) is 16.2. The van der Waals surface area contributed by atoms with Crippen molar-refractivity contribution >= 4 is 17.6 Å². The molecule has 0 bridgehead atoms. The highest BCUT2D eigenvalue weighted by Gasteiger charge is 2.35. The van der Waals surface area contributed by atoms with Crippen LogP contribution in [-0.4, -0.2) is 18.0 Å². The molecule has 0 saturated heterocycles. The first-order valence-electron chi connectivity index (χ1n) is 9.44. The van der Waals surface area contributed by atoms with Gasteiger partial charge in [-0.2, -0.15) is 5.26 Å². The number of ether oxygens (including phenoxy) is 2. The third-order valence-corrected chi connectivity index (χ3v) is 4.86. The molecule has 0 aromatic heterocycles. The number of fused-ring (bicyclic) bond motifs is 2. The zero-order valence-corrected chi connectivity index (χ0v) is 16.2. The zero-order chi connectivity index (χ0) is 21.1. The van der Waals surface area contributed by atoms with Gasteiger partial charge in [0, 0.05) is 16.8 Å². The lowest BCUT2D eigenvalue weighted by molar-refractivity contribution is -0.153. The summed E-state index contributed by atoms with van der Waals surface area (Å²) < 4.78 is 11.4. The van der Waals surface area contributed by atoms with Crippen molar-refractivity contribution in [3.05, 3.63) is 89.5 Å². The van der Waals surface area contributed by atoms with Gasteiger partial charge >= 0.3 is 5.97 Å². The number of hydrogen-bond donors (Lipinski definition) is 1. The smallest absolute Gasteiger partial charge is 0.318 e. The number of anilines is 1. The van der Waals surface area contributed by atoms with Crippen LogP contribution in [-0.2, 0) is 14.3 Å². The molecule has 1 atom stereocenters. The summed E-state index contributed by atoms with van der Waals surface area (Å²) in [5.74, 6) is -0.487. The van der Waals surface area contributed by atoms with E-state index >= 15 is 0 Å². The number of esters is 1. The number of nitrogens with one attached hydrogen (secondary N) is 1. The second kappa shape index (κ2) is 8.10. The van der Waals surface area contributed by atoms with Gasteiger partial charge in [0.05, 0.1) is 11.6 Å². The van der Waals surface area contributed by atoms with Gasteiger partial charge in [-0.15, -0.1) is 0 Å². The minimum Gasteiger partial charge on any atom is -0.457 e. The van der Waals surface area contributed by atoms with Gasteiger partial charge < -0.3 is 14.8 Å². The maximum atomic E-state index is 13.1. The van der Waals surface area contributed by atoms with Crippen LogP contribution in [0.25, 0.3) is 0 Å². The molecule has 0 radical (unpaired) electrons. The number of para-hydroxylation sites is 2. The van der Waals surface area contributed by atoms with Crippen molar-refractivity contribution < 1.29 is 19.1 Å². The summed E-state index contributed by atoms with van der Waals surface area (Å²) in [6, 6.07) is 23.0. The summed E-state index contributed by atoms with van der Waals surface area (Å²) in [7, 11) is 0. The highest BCUT2D eigenvalue weighted by Crippen LogP contribution is 2.44. The van der Waals surface area contributed by atoms with Crippen molar-refractivity contribution in [1.29, 1.82) is 5.26 Å². The molecule has 0 fully saturated rings. The Kier molecular flexibility index (Phi) is 5.19. The van der Waals surface area contributed by atoms with Gasteiger partial charge in [0.25, 0.3) is 5.91 Å². The molecule has 1 aliphatic rings. The van der Waals surface area contributed by atoms with E-state index in [1.165, 1.54) is 6.92 Å². The van der Waals surface area contributed by atoms with Crippen molar-refractivity contribution in [3.8, 4) is 17.6 Å². The molecular formula is C24H18N2O4. The lowest BCUT2D eigenvalue weighted by Gasteiger charge is -2.27. The molecule has 0 saturated carbocycles. The number of hydrogen-bond acceptors (Lipinski definition) is 5. The number of amides is 1. The van der Waals surface area contributed by atoms with E-state index in [2.05, 4.69) is 5.32 Å². The van der Waals surface area contributed by atoms with Crippen molar-refractivity contribution in [2.75, 3.05) is 5.32 Å². The summed E-state index contributed by atoms with van der Waals surface area (Å²) in [4.78, 5) is 25.6. The second-order valence-electron chi connectivity index (χ2n) is 6.87. The Hall–Kier alpha value is -4.11. The van der Waals surface area contributed by atoms with Crippen molar-refractivity contribution in [3.63, 3.8) is 0 Å². The first-order valence-corrected chi connectivity index (χ1v) is 9.44. The van der Waals surface area contributed by atoms with Crippen LogP contribution in [0, 0.1) is 11.3 Å². The van der Waals surface area contributed by atoms with Gasteiger partial charge in [0.2, 0.25) is 0 Å². The minimum absolute atomic E-state index is 0.457. The highest BCUT2D eigenvalue weighted by atomic mass is 16.5. The normalized spacial score (nSPS) is 13.1. The number of rotatable bonds is 4. The first kappa shape index (κ1) is 19.2. The Morgan fingerprint density at radius 1 is 0.967 bits per heavy atom. The molecule has 0 unspecified atom stereocenters. The fourth-order valence-electron chi connectivity index (χ4n) is 3.33. The number of carbonyl (C=O) groups is 2. The van der Waals surface area contributed by atoms with Gasteiger partial charge in [-0.3, -0.25) is 9.59 Å². The number of nitrogens with zero attached hydrogens (tertiary/aromatic N) is 1. The molecule has 3 aromatic rings. The van der Waals surface area contributed by atoms with Gasteiger partial charge in [-0.05, 0) is 43.3 Å². The third kappa shape index (κ3) is 3.74. The van der Waals surface area contributed by atoms with Gasteiger partial charge in [-0.25, -0.2) is 0 Å². The number of nitriles is 1. The molecule has 1 aliphatic heterocycles. The fraction of sp³-hybridized carbons (Fsp3) is 0.125. The van der Waals surface area contributed by atoms with E-state index in [9.17, 15) is 9.59 Å². The molecule has 4 rings (SSSR count). The van der Waals surface area contributed by atoms with E-state index < -0.39 is 23.9 Å². The first-order chi connectivity index (χ1) is 14.6. The van der Waals surface area contributed by atoms with Crippen LogP contribution in [0.5, 0.6) is 11.5 Å². The van der Waals surface area contributed by atoms with E-state index in [4.69, 9.17) is 14.7 Å². The van der Waals surface area contributed by atoms with Gasteiger partial charge in [-0.1, -0.05) is 36.4 Å². The number of carbonyl (C=O) groups excluding carboxylic acids is 2.